The lowest BCUT2D eigenvalue weighted by molar-refractivity contribution is -0.384. The molecule has 112 valence electrons. The van der Waals surface area contributed by atoms with Crippen molar-refractivity contribution >= 4 is 17.2 Å². The highest BCUT2D eigenvalue weighted by Crippen LogP contribution is 2.29. The molecular weight excluding hydrogens is 289 g/mol. The molecule has 1 aliphatic rings. The first kappa shape index (κ1) is 15.0. The lowest BCUT2D eigenvalue weighted by Gasteiger charge is -2.21. The molecule has 0 aromatic heterocycles. The van der Waals surface area contributed by atoms with E-state index in [0.29, 0.717) is 16.0 Å². The van der Waals surface area contributed by atoms with Crippen LogP contribution in [0.25, 0.3) is 5.57 Å². The number of carbonyl (C=O) groups excluding carboxylic acids is 1. The van der Waals surface area contributed by atoms with Gasteiger partial charge in [-0.05, 0) is 23.1 Å². The van der Waals surface area contributed by atoms with Crippen LogP contribution in [0.3, 0.4) is 0 Å². The molecule has 1 aromatic rings. The van der Waals surface area contributed by atoms with Gasteiger partial charge in [0.15, 0.2) is 0 Å². The average Bonchev–Trinajstić information content (AvgIpc) is 2.56. The number of benzene rings is 1. The number of nitrogens with zero attached hydrogens (tertiary/aromatic N) is 2. The number of alkyl halides is 3. The van der Waals surface area contributed by atoms with Crippen LogP contribution in [0.4, 0.5) is 18.9 Å². The van der Waals surface area contributed by atoms with Gasteiger partial charge in [-0.15, -0.1) is 0 Å². The topological polar surface area (TPSA) is 63.5 Å². The van der Waals surface area contributed by atoms with E-state index in [2.05, 4.69) is 6.58 Å². The molecule has 0 aliphatic carbocycles. The molecule has 1 amide bonds. The van der Waals surface area contributed by atoms with E-state index in [1.165, 1.54) is 18.2 Å². The number of hydrogen-bond acceptors (Lipinski definition) is 3. The summed E-state index contributed by atoms with van der Waals surface area (Å²) in [4.78, 5) is 22.1. The number of non-ortho nitro benzene ring substituents is 1. The Morgan fingerprint density at radius 1 is 1.38 bits per heavy atom. The number of carbonyl (C=O) groups is 1. The van der Waals surface area contributed by atoms with Gasteiger partial charge in [0.25, 0.3) is 5.69 Å². The molecule has 0 saturated carbocycles. The largest absolute Gasteiger partial charge is 0.471 e. The van der Waals surface area contributed by atoms with Gasteiger partial charge in [-0.3, -0.25) is 14.9 Å². The Morgan fingerprint density at radius 2 is 2.05 bits per heavy atom. The highest BCUT2D eigenvalue weighted by atomic mass is 19.4. The van der Waals surface area contributed by atoms with Crippen molar-refractivity contribution < 1.29 is 22.9 Å². The van der Waals surface area contributed by atoms with E-state index in [9.17, 15) is 28.1 Å². The molecule has 5 nitrogen and oxygen atoms in total. The third-order valence-electron chi connectivity index (χ3n) is 3.25. The minimum atomic E-state index is -4.94. The van der Waals surface area contributed by atoms with Crippen LogP contribution in [0.1, 0.15) is 11.1 Å². The van der Waals surface area contributed by atoms with Gasteiger partial charge in [0, 0.05) is 25.2 Å². The number of fused-ring (bicyclic) bond motifs is 1. The zero-order valence-corrected chi connectivity index (χ0v) is 10.8. The molecule has 0 fully saturated rings. The van der Waals surface area contributed by atoms with E-state index < -0.39 is 17.0 Å². The Hall–Kier alpha value is -2.38. The number of nitro benzene ring substituents is 1. The summed E-state index contributed by atoms with van der Waals surface area (Å²) in [5.41, 5.74) is 1.17. The second-order valence-corrected chi connectivity index (χ2v) is 4.68. The van der Waals surface area contributed by atoms with Gasteiger partial charge >= 0.3 is 12.1 Å². The summed E-state index contributed by atoms with van der Waals surface area (Å²) >= 11 is 0. The Morgan fingerprint density at radius 3 is 2.62 bits per heavy atom. The maximum Gasteiger partial charge on any atom is 0.471 e. The molecule has 21 heavy (non-hydrogen) atoms. The molecule has 2 rings (SSSR count). The Bertz CT molecular complexity index is 626. The van der Waals surface area contributed by atoms with Crippen molar-refractivity contribution in [3.8, 4) is 0 Å². The fourth-order valence-electron chi connectivity index (χ4n) is 2.23. The van der Waals surface area contributed by atoms with Crippen LogP contribution < -0.4 is 0 Å². The molecule has 1 aliphatic heterocycles. The summed E-state index contributed by atoms with van der Waals surface area (Å²) in [5.74, 6) is -1.93. The Kier molecular flexibility index (Phi) is 3.71. The summed E-state index contributed by atoms with van der Waals surface area (Å²) in [6.45, 7) is 3.24. The fraction of sp³-hybridized carbons (Fsp3) is 0.308. The van der Waals surface area contributed by atoms with E-state index in [-0.39, 0.29) is 30.8 Å². The van der Waals surface area contributed by atoms with Crippen molar-refractivity contribution in [3.05, 3.63) is 46.0 Å². The number of halogens is 3. The predicted octanol–water partition coefficient (Wildman–Crippen LogP) is 2.56. The monoisotopic (exact) mass is 300 g/mol. The Labute approximate surface area is 117 Å². The van der Waals surface area contributed by atoms with E-state index in [1.807, 2.05) is 0 Å². The van der Waals surface area contributed by atoms with Gasteiger partial charge in [0.05, 0.1) is 4.92 Å². The molecule has 0 unspecified atom stereocenters. The first-order chi connectivity index (χ1) is 9.70. The normalized spacial score (nSPS) is 15.4. The molecule has 1 heterocycles. The minimum absolute atomic E-state index is 0.109. The first-order valence-corrected chi connectivity index (χ1v) is 6.01. The van der Waals surface area contributed by atoms with Crippen LogP contribution in [0, 0.1) is 10.1 Å². The van der Waals surface area contributed by atoms with Crippen molar-refractivity contribution in [3.63, 3.8) is 0 Å². The van der Waals surface area contributed by atoms with E-state index >= 15 is 0 Å². The van der Waals surface area contributed by atoms with Crippen LogP contribution in [-0.2, 0) is 11.2 Å². The van der Waals surface area contributed by atoms with Crippen molar-refractivity contribution in [2.45, 2.75) is 12.6 Å². The first-order valence-electron chi connectivity index (χ1n) is 6.01. The third kappa shape index (κ3) is 3.04. The molecule has 0 atom stereocenters. The molecule has 0 saturated heterocycles. The minimum Gasteiger partial charge on any atom is -0.330 e. The van der Waals surface area contributed by atoms with Gasteiger partial charge in [-0.2, -0.15) is 13.2 Å². The van der Waals surface area contributed by atoms with E-state index in [1.54, 1.807) is 0 Å². The molecule has 1 aromatic carbocycles. The van der Waals surface area contributed by atoms with Gasteiger partial charge in [0.1, 0.15) is 0 Å². The van der Waals surface area contributed by atoms with Crippen LogP contribution in [0.5, 0.6) is 0 Å². The van der Waals surface area contributed by atoms with Crippen molar-refractivity contribution in [1.82, 2.24) is 4.90 Å². The van der Waals surface area contributed by atoms with Gasteiger partial charge < -0.3 is 4.90 Å². The summed E-state index contributed by atoms with van der Waals surface area (Å²) in [6, 6.07) is 4.05. The lowest BCUT2D eigenvalue weighted by atomic mass is 9.99. The van der Waals surface area contributed by atoms with Crippen LogP contribution in [0.2, 0.25) is 0 Å². The van der Waals surface area contributed by atoms with Gasteiger partial charge in [0.2, 0.25) is 0 Å². The number of nitro groups is 1. The SMILES string of the molecule is C=C1CN(C(=O)C(F)(F)F)CCc2ccc([N+](=O)[O-])cc21. The smallest absolute Gasteiger partial charge is 0.330 e. The lowest BCUT2D eigenvalue weighted by Crippen LogP contribution is -2.42. The fourth-order valence-corrected chi connectivity index (χ4v) is 2.23. The zero-order chi connectivity index (χ0) is 15.8. The van der Waals surface area contributed by atoms with Crippen LogP contribution in [-0.4, -0.2) is 35.0 Å². The maximum absolute atomic E-state index is 12.5. The quantitative estimate of drug-likeness (QED) is 0.591. The second kappa shape index (κ2) is 5.19. The van der Waals surface area contributed by atoms with Crippen LogP contribution in [0.15, 0.2) is 24.8 Å². The predicted molar refractivity (Wildman–Crippen MR) is 68.5 cm³/mol. The molecule has 0 bridgehead atoms. The van der Waals surface area contributed by atoms with E-state index in [4.69, 9.17) is 0 Å². The Balaban J connectivity index is 2.31. The molecule has 0 N–H and O–H groups in total. The molecule has 8 heteroatoms. The summed E-state index contributed by atoms with van der Waals surface area (Å²) in [5, 5.41) is 10.7. The van der Waals surface area contributed by atoms with E-state index in [0.717, 1.165) is 0 Å². The van der Waals surface area contributed by atoms with Gasteiger partial charge in [-0.25, -0.2) is 0 Å². The average molecular weight is 300 g/mol. The summed E-state index contributed by atoms with van der Waals surface area (Å²) in [7, 11) is 0. The highest BCUT2D eigenvalue weighted by molar-refractivity contribution is 5.84. The molecule has 0 spiro atoms. The number of amides is 1. The number of hydrogen-bond donors (Lipinski definition) is 0. The second-order valence-electron chi connectivity index (χ2n) is 4.68. The zero-order valence-electron chi connectivity index (χ0n) is 10.8. The van der Waals surface area contributed by atoms with Crippen molar-refractivity contribution in [2.75, 3.05) is 13.1 Å². The highest BCUT2D eigenvalue weighted by Gasteiger charge is 2.43. The summed E-state index contributed by atoms with van der Waals surface area (Å²) in [6.07, 6.45) is -4.75. The third-order valence-corrected chi connectivity index (χ3v) is 3.25. The van der Waals surface area contributed by atoms with Crippen molar-refractivity contribution in [1.29, 1.82) is 0 Å². The number of rotatable bonds is 1. The standard InChI is InChI=1S/C13H11F3N2O3/c1-8-7-17(12(19)13(14,15)16)5-4-9-2-3-10(18(20)21)6-11(8)9/h2-3,6H,1,4-5,7H2. The molecule has 0 radical (unpaired) electrons. The maximum atomic E-state index is 12.5. The van der Waals surface area contributed by atoms with Crippen LogP contribution >= 0.6 is 0 Å². The van der Waals surface area contributed by atoms with Gasteiger partial charge in [-0.1, -0.05) is 12.6 Å². The van der Waals surface area contributed by atoms with Crippen molar-refractivity contribution in [2.24, 2.45) is 0 Å². The molecular formula is C13H11F3N2O3. The summed E-state index contributed by atoms with van der Waals surface area (Å²) < 4.78 is 37.4.